The lowest BCUT2D eigenvalue weighted by Crippen LogP contribution is -2.15. The van der Waals surface area contributed by atoms with Crippen molar-refractivity contribution in [1.29, 1.82) is 0 Å². The molecule has 1 N–H and O–H groups in total. The van der Waals surface area contributed by atoms with Gasteiger partial charge in [-0.2, -0.15) is 5.10 Å². The minimum atomic E-state index is 0.380. The number of nitrogens with one attached hydrogen (secondary N) is 1. The Bertz CT molecular complexity index is 341. The highest BCUT2D eigenvalue weighted by Gasteiger charge is 2.16. The molecule has 0 spiro atoms. The maximum atomic E-state index is 4.64. The van der Waals surface area contributed by atoms with Gasteiger partial charge in [-0.25, -0.2) is 0 Å². The molecule has 3 heteroatoms. The number of hydrogen-bond donors (Lipinski definition) is 1. The average molecular weight is 223 g/mol. The number of hydrogen-bond acceptors (Lipinski definition) is 2. The summed E-state index contributed by atoms with van der Waals surface area (Å²) in [5.41, 5.74) is 3.81. The summed E-state index contributed by atoms with van der Waals surface area (Å²) in [6, 6.07) is 0.380. The van der Waals surface area contributed by atoms with Crippen LogP contribution in [0.15, 0.2) is 0 Å². The first-order chi connectivity index (χ1) is 7.51. The summed E-state index contributed by atoms with van der Waals surface area (Å²) in [4.78, 5) is 0. The lowest BCUT2D eigenvalue weighted by molar-refractivity contribution is 0.430. The maximum absolute atomic E-state index is 4.64. The summed E-state index contributed by atoms with van der Waals surface area (Å²) in [5.74, 6) is 0.691. The first-order valence-corrected chi connectivity index (χ1v) is 6.22. The molecule has 2 unspecified atom stereocenters. The Morgan fingerprint density at radius 2 is 1.94 bits per heavy atom. The van der Waals surface area contributed by atoms with Gasteiger partial charge in [0.25, 0.3) is 0 Å². The smallest absolute Gasteiger partial charge is 0.0644 e. The fraction of sp³-hybridized carbons (Fsp3) is 0.769. The van der Waals surface area contributed by atoms with Crippen molar-refractivity contribution in [3.63, 3.8) is 0 Å². The summed E-state index contributed by atoms with van der Waals surface area (Å²) in [5, 5.41) is 7.93. The molecule has 16 heavy (non-hydrogen) atoms. The number of rotatable bonds is 5. The van der Waals surface area contributed by atoms with E-state index >= 15 is 0 Å². The summed E-state index contributed by atoms with van der Waals surface area (Å²) in [6.07, 6.45) is 1.20. The molecule has 0 aliphatic rings. The average Bonchev–Trinajstić information content (AvgIpc) is 2.53. The number of aromatic nitrogens is 2. The van der Waals surface area contributed by atoms with Crippen molar-refractivity contribution in [2.45, 2.75) is 53.6 Å². The van der Waals surface area contributed by atoms with Crippen molar-refractivity contribution in [3.05, 3.63) is 17.0 Å². The van der Waals surface area contributed by atoms with Crippen LogP contribution in [0.5, 0.6) is 0 Å². The zero-order valence-corrected chi connectivity index (χ0v) is 11.5. The minimum Gasteiger partial charge on any atom is -0.313 e. The molecule has 2 atom stereocenters. The molecule has 0 aliphatic heterocycles. The summed E-state index contributed by atoms with van der Waals surface area (Å²) >= 11 is 0. The van der Waals surface area contributed by atoms with Crippen LogP contribution < -0.4 is 5.32 Å². The van der Waals surface area contributed by atoms with Crippen LogP contribution in [0.4, 0.5) is 0 Å². The molecular formula is C13H25N3. The second kappa shape index (κ2) is 5.48. The van der Waals surface area contributed by atoms with Gasteiger partial charge in [0.15, 0.2) is 0 Å². The second-order valence-corrected chi connectivity index (χ2v) is 4.79. The predicted octanol–water partition coefficient (Wildman–Crippen LogP) is 2.83. The van der Waals surface area contributed by atoms with E-state index < -0.39 is 0 Å². The van der Waals surface area contributed by atoms with E-state index in [9.17, 15) is 0 Å². The van der Waals surface area contributed by atoms with Crippen LogP contribution in [-0.4, -0.2) is 16.8 Å². The lowest BCUT2D eigenvalue weighted by atomic mass is 10.1. The third-order valence-corrected chi connectivity index (χ3v) is 3.49. The highest BCUT2D eigenvalue weighted by atomic mass is 15.3. The van der Waals surface area contributed by atoms with E-state index in [0.717, 1.165) is 12.2 Å². The molecule has 0 fully saturated rings. The Morgan fingerprint density at radius 3 is 2.44 bits per heavy atom. The Morgan fingerprint density at radius 1 is 1.31 bits per heavy atom. The van der Waals surface area contributed by atoms with E-state index in [1.54, 1.807) is 0 Å². The number of nitrogens with zero attached hydrogens (tertiary/aromatic N) is 2. The van der Waals surface area contributed by atoms with Crippen LogP contribution in [0.25, 0.3) is 0 Å². The van der Waals surface area contributed by atoms with Gasteiger partial charge in [0.05, 0.1) is 5.69 Å². The predicted molar refractivity (Wildman–Crippen MR) is 68.6 cm³/mol. The van der Waals surface area contributed by atoms with Crippen LogP contribution in [0, 0.1) is 19.8 Å². The minimum absolute atomic E-state index is 0.380. The Hall–Kier alpha value is -0.830. The van der Waals surface area contributed by atoms with E-state index in [4.69, 9.17) is 0 Å². The molecule has 0 saturated carbocycles. The highest BCUT2D eigenvalue weighted by Crippen LogP contribution is 2.21. The summed E-state index contributed by atoms with van der Waals surface area (Å²) in [6.45, 7) is 12.0. The SMILES string of the molecule is CCC(C)Cn1nc(C)c(C(C)NC)c1C. The van der Waals surface area contributed by atoms with Crippen LogP contribution in [0.1, 0.15) is 50.2 Å². The first-order valence-electron chi connectivity index (χ1n) is 6.22. The van der Waals surface area contributed by atoms with Gasteiger partial charge in [-0.3, -0.25) is 4.68 Å². The normalized spacial score (nSPS) is 15.1. The third kappa shape index (κ3) is 2.64. The van der Waals surface area contributed by atoms with Gasteiger partial charge in [-0.05, 0) is 33.7 Å². The van der Waals surface area contributed by atoms with Gasteiger partial charge < -0.3 is 5.32 Å². The second-order valence-electron chi connectivity index (χ2n) is 4.79. The summed E-state index contributed by atoms with van der Waals surface area (Å²) < 4.78 is 2.16. The Kier molecular flexibility index (Phi) is 4.54. The van der Waals surface area contributed by atoms with E-state index in [2.05, 4.69) is 49.7 Å². The molecule has 0 saturated heterocycles. The summed E-state index contributed by atoms with van der Waals surface area (Å²) in [7, 11) is 2.00. The van der Waals surface area contributed by atoms with Gasteiger partial charge in [0, 0.05) is 23.8 Å². The zero-order valence-electron chi connectivity index (χ0n) is 11.5. The molecule has 1 aromatic rings. The molecule has 1 aromatic heterocycles. The molecule has 0 aromatic carbocycles. The molecule has 1 rings (SSSR count). The van der Waals surface area contributed by atoms with Crippen molar-refractivity contribution in [3.8, 4) is 0 Å². The molecule has 92 valence electrons. The Balaban J connectivity index is 2.97. The van der Waals surface area contributed by atoms with Crippen molar-refractivity contribution in [1.82, 2.24) is 15.1 Å². The maximum Gasteiger partial charge on any atom is 0.0644 e. The van der Waals surface area contributed by atoms with Crippen LogP contribution in [-0.2, 0) is 6.54 Å². The molecule has 0 aliphatic carbocycles. The largest absolute Gasteiger partial charge is 0.313 e. The van der Waals surface area contributed by atoms with Crippen molar-refractivity contribution in [2.24, 2.45) is 5.92 Å². The van der Waals surface area contributed by atoms with Gasteiger partial charge in [-0.1, -0.05) is 20.3 Å². The van der Waals surface area contributed by atoms with Crippen molar-refractivity contribution >= 4 is 0 Å². The molecular weight excluding hydrogens is 198 g/mol. The quantitative estimate of drug-likeness (QED) is 0.832. The fourth-order valence-corrected chi connectivity index (χ4v) is 2.08. The first kappa shape index (κ1) is 13.2. The van der Waals surface area contributed by atoms with Crippen LogP contribution in [0.2, 0.25) is 0 Å². The zero-order chi connectivity index (χ0) is 12.3. The van der Waals surface area contributed by atoms with Crippen molar-refractivity contribution in [2.75, 3.05) is 7.05 Å². The monoisotopic (exact) mass is 223 g/mol. The lowest BCUT2D eigenvalue weighted by Gasteiger charge is -2.13. The standard InChI is InChI=1S/C13H25N3/c1-7-9(2)8-16-12(5)13(10(3)14-6)11(4)15-16/h9-10,14H,7-8H2,1-6H3. The van der Waals surface area contributed by atoms with Crippen LogP contribution in [0.3, 0.4) is 0 Å². The number of aryl methyl sites for hydroxylation is 1. The van der Waals surface area contributed by atoms with Gasteiger partial charge in [0.1, 0.15) is 0 Å². The fourth-order valence-electron chi connectivity index (χ4n) is 2.08. The highest BCUT2D eigenvalue weighted by molar-refractivity contribution is 5.27. The van der Waals surface area contributed by atoms with Crippen LogP contribution >= 0.6 is 0 Å². The van der Waals surface area contributed by atoms with E-state index in [1.807, 2.05) is 7.05 Å². The van der Waals surface area contributed by atoms with E-state index in [0.29, 0.717) is 12.0 Å². The van der Waals surface area contributed by atoms with Crippen molar-refractivity contribution < 1.29 is 0 Å². The third-order valence-electron chi connectivity index (χ3n) is 3.49. The van der Waals surface area contributed by atoms with Gasteiger partial charge in [0.2, 0.25) is 0 Å². The topological polar surface area (TPSA) is 29.9 Å². The Labute approximate surface area is 99.2 Å². The molecule has 0 amide bonds. The van der Waals surface area contributed by atoms with Gasteiger partial charge >= 0.3 is 0 Å². The van der Waals surface area contributed by atoms with E-state index in [-0.39, 0.29) is 0 Å². The molecule has 0 bridgehead atoms. The molecule has 3 nitrogen and oxygen atoms in total. The van der Waals surface area contributed by atoms with Gasteiger partial charge in [-0.15, -0.1) is 0 Å². The molecule has 1 heterocycles. The van der Waals surface area contributed by atoms with E-state index in [1.165, 1.54) is 17.7 Å². The molecule has 0 radical (unpaired) electrons.